The first kappa shape index (κ1) is 13.5. The minimum absolute atomic E-state index is 0.148. The SMILES string of the molecule is CC(NCc1nnc2n1CCCC2)C(=O)N1CCCC1. The van der Waals surface area contributed by atoms with Gasteiger partial charge in [-0.05, 0) is 32.6 Å². The summed E-state index contributed by atoms with van der Waals surface area (Å²) in [6.07, 6.45) is 5.69. The van der Waals surface area contributed by atoms with Crippen LogP contribution in [0.4, 0.5) is 0 Å². The summed E-state index contributed by atoms with van der Waals surface area (Å²) in [5.41, 5.74) is 0. The molecule has 1 fully saturated rings. The monoisotopic (exact) mass is 277 g/mol. The normalized spacial score (nSPS) is 19.9. The van der Waals surface area contributed by atoms with E-state index in [1.807, 2.05) is 11.8 Å². The zero-order valence-electron chi connectivity index (χ0n) is 12.1. The van der Waals surface area contributed by atoms with Crippen molar-refractivity contribution in [2.45, 2.75) is 58.2 Å². The first-order valence-electron chi connectivity index (χ1n) is 7.69. The van der Waals surface area contributed by atoms with E-state index in [-0.39, 0.29) is 11.9 Å². The molecule has 0 aromatic carbocycles. The second-order valence-corrected chi connectivity index (χ2v) is 5.78. The summed E-state index contributed by atoms with van der Waals surface area (Å²) in [7, 11) is 0. The first-order chi connectivity index (χ1) is 9.75. The Kier molecular flexibility index (Phi) is 4.00. The number of hydrogen-bond acceptors (Lipinski definition) is 4. The fraction of sp³-hybridized carbons (Fsp3) is 0.786. The van der Waals surface area contributed by atoms with E-state index >= 15 is 0 Å². The first-order valence-corrected chi connectivity index (χ1v) is 7.69. The molecule has 1 unspecified atom stereocenters. The van der Waals surface area contributed by atoms with Crippen molar-refractivity contribution < 1.29 is 4.79 Å². The van der Waals surface area contributed by atoms with Crippen LogP contribution in [0.15, 0.2) is 0 Å². The van der Waals surface area contributed by atoms with E-state index in [2.05, 4.69) is 20.1 Å². The van der Waals surface area contributed by atoms with Gasteiger partial charge in [0.05, 0.1) is 12.6 Å². The average Bonchev–Trinajstić information content (AvgIpc) is 3.13. The molecule has 3 rings (SSSR count). The summed E-state index contributed by atoms with van der Waals surface area (Å²) in [6.45, 7) is 5.38. The van der Waals surface area contributed by atoms with Gasteiger partial charge in [-0.25, -0.2) is 0 Å². The van der Waals surface area contributed by atoms with Crippen molar-refractivity contribution in [3.63, 3.8) is 0 Å². The van der Waals surface area contributed by atoms with E-state index in [4.69, 9.17) is 0 Å². The third-order valence-electron chi connectivity index (χ3n) is 4.29. The van der Waals surface area contributed by atoms with Crippen LogP contribution in [0.1, 0.15) is 44.3 Å². The number of nitrogens with zero attached hydrogens (tertiary/aromatic N) is 4. The Morgan fingerprint density at radius 1 is 1.20 bits per heavy atom. The van der Waals surface area contributed by atoms with Crippen molar-refractivity contribution in [3.8, 4) is 0 Å². The fourth-order valence-electron chi connectivity index (χ4n) is 3.04. The van der Waals surface area contributed by atoms with Gasteiger partial charge in [0.25, 0.3) is 0 Å². The molecular formula is C14H23N5O. The predicted molar refractivity (Wildman–Crippen MR) is 75.1 cm³/mol. The number of hydrogen-bond donors (Lipinski definition) is 1. The van der Waals surface area contributed by atoms with Gasteiger partial charge < -0.3 is 9.47 Å². The highest BCUT2D eigenvalue weighted by Gasteiger charge is 2.23. The van der Waals surface area contributed by atoms with E-state index < -0.39 is 0 Å². The predicted octanol–water partition coefficient (Wildman–Crippen LogP) is 0.715. The summed E-state index contributed by atoms with van der Waals surface area (Å²) in [6, 6.07) is -0.148. The lowest BCUT2D eigenvalue weighted by Crippen LogP contribution is -2.43. The lowest BCUT2D eigenvalue weighted by molar-refractivity contribution is -0.132. The lowest BCUT2D eigenvalue weighted by Gasteiger charge is -2.21. The lowest BCUT2D eigenvalue weighted by atomic mass is 10.1. The van der Waals surface area contributed by atoms with E-state index in [0.29, 0.717) is 6.54 Å². The molecule has 0 bridgehead atoms. The summed E-state index contributed by atoms with van der Waals surface area (Å²) < 4.78 is 2.20. The Labute approximate surface area is 119 Å². The zero-order chi connectivity index (χ0) is 13.9. The highest BCUT2D eigenvalue weighted by atomic mass is 16.2. The van der Waals surface area contributed by atoms with E-state index in [1.165, 1.54) is 12.8 Å². The van der Waals surface area contributed by atoms with Gasteiger partial charge in [0.2, 0.25) is 5.91 Å². The number of carbonyl (C=O) groups is 1. The number of rotatable bonds is 4. The van der Waals surface area contributed by atoms with Gasteiger partial charge in [-0.3, -0.25) is 10.1 Å². The van der Waals surface area contributed by atoms with Crippen molar-refractivity contribution in [1.29, 1.82) is 0 Å². The second-order valence-electron chi connectivity index (χ2n) is 5.78. The summed E-state index contributed by atoms with van der Waals surface area (Å²) >= 11 is 0. The van der Waals surface area contributed by atoms with Gasteiger partial charge in [0, 0.05) is 26.1 Å². The van der Waals surface area contributed by atoms with Crippen molar-refractivity contribution in [3.05, 3.63) is 11.6 Å². The van der Waals surface area contributed by atoms with Crippen molar-refractivity contribution >= 4 is 5.91 Å². The molecule has 6 heteroatoms. The standard InChI is InChI=1S/C14H23N5O/c1-11(14(20)18-7-4-5-8-18)15-10-13-17-16-12-6-2-3-9-19(12)13/h11,15H,2-10H2,1H3. The van der Waals surface area contributed by atoms with Crippen LogP contribution in [0, 0.1) is 0 Å². The van der Waals surface area contributed by atoms with Gasteiger partial charge in [-0.15, -0.1) is 10.2 Å². The van der Waals surface area contributed by atoms with Gasteiger partial charge in [-0.2, -0.15) is 0 Å². The number of aryl methyl sites for hydroxylation is 1. The Hall–Kier alpha value is -1.43. The topological polar surface area (TPSA) is 63.1 Å². The van der Waals surface area contributed by atoms with Crippen LogP contribution in [0.5, 0.6) is 0 Å². The Bertz CT molecular complexity index is 478. The number of amides is 1. The molecule has 0 radical (unpaired) electrons. The molecule has 1 amide bonds. The maximum Gasteiger partial charge on any atom is 0.239 e. The molecule has 20 heavy (non-hydrogen) atoms. The van der Waals surface area contributed by atoms with E-state index in [1.54, 1.807) is 0 Å². The third-order valence-corrected chi connectivity index (χ3v) is 4.29. The number of aromatic nitrogens is 3. The third kappa shape index (κ3) is 2.70. The number of likely N-dealkylation sites (tertiary alicyclic amines) is 1. The molecule has 0 saturated carbocycles. The molecule has 0 spiro atoms. The van der Waals surface area contributed by atoms with Crippen LogP contribution in [0.3, 0.4) is 0 Å². The molecule has 1 atom stereocenters. The Morgan fingerprint density at radius 2 is 1.95 bits per heavy atom. The van der Waals surface area contributed by atoms with Crippen molar-refractivity contribution in [2.24, 2.45) is 0 Å². The molecule has 1 aromatic rings. The molecule has 2 aliphatic heterocycles. The largest absolute Gasteiger partial charge is 0.341 e. The fourth-order valence-corrected chi connectivity index (χ4v) is 3.04. The summed E-state index contributed by atoms with van der Waals surface area (Å²) in [5.74, 6) is 2.26. The van der Waals surface area contributed by atoms with Crippen LogP contribution in [-0.2, 0) is 24.3 Å². The van der Waals surface area contributed by atoms with Crippen LogP contribution in [0.2, 0.25) is 0 Å². The molecule has 3 heterocycles. The van der Waals surface area contributed by atoms with Crippen LogP contribution >= 0.6 is 0 Å². The highest BCUT2D eigenvalue weighted by Crippen LogP contribution is 2.14. The molecule has 6 nitrogen and oxygen atoms in total. The Balaban J connectivity index is 1.56. The second kappa shape index (κ2) is 5.91. The van der Waals surface area contributed by atoms with E-state index in [9.17, 15) is 4.79 Å². The van der Waals surface area contributed by atoms with Crippen molar-refractivity contribution in [1.82, 2.24) is 25.0 Å². The summed E-state index contributed by atoms with van der Waals surface area (Å²) in [4.78, 5) is 14.2. The number of nitrogens with one attached hydrogen (secondary N) is 1. The Morgan fingerprint density at radius 3 is 2.75 bits per heavy atom. The highest BCUT2D eigenvalue weighted by molar-refractivity contribution is 5.81. The van der Waals surface area contributed by atoms with Crippen LogP contribution < -0.4 is 5.32 Å². The molecule has 1 saturated heterocycles. The van der Waals surface area contributed by atoms with Crippen LogP contribution in [0.25, 0.3) is 0 Å². The van der Waals surface area contributed by atoms with Crippen LogP contribution in [-0.4, -0.2) is 44.7 Å². The number of carbonyl (C=O) groups excluding carboxylic acids is 1. The maximum atomic E-state index is 12.2. The molecule has 1 aromatic heterocycles. The quantitative estimate of drug-likeness (QED) is 0.880. The van der Waals surface area contributed by atoms with Gasteiger partial charge in [0.15, 0.2) is 0 Å². The van der Waals surface area contributed by atoms with Gasteiger partial charge >= 0.3 is 0 Å². The van der Waals surface area contributed by atoms with Gasteiger partial charge in [-0.1, -0.05) is 0 Å². The average molecular weight is 277 g/mol. The maximum absolute atomic E-state index is 12.2. The zero-order valence-corrected chi connectivity index (χ0v) is 12.1. The molecule has 1 N–H and O–H groups in total. The molecular weight excluding hydrogens is 254 g/mol. The van der Waals surface area contributed by atoms with Crippen molar-refractivity contribution in [2.75, 3.05) is 13.1 Å². The molecule has 2 aliphatic rings. The van der Waals surface area contributed by atoms with E-state index in [0.717, 1.165) is 50.5 Å². The van der Waals surface area contributed by atoms with Gasteiger partial charge in [0.1, 0.15) is 11.6 Å². The number of fused-ring (bicyclic) bond motifs is 1. The summed E-state index contributed by atoms with van der Waals surface area (Å²) in [5, 5.41) is 11.8. The molecule has 110 valence electrons. The molecule has 0 aliphatic carbocycles. The minimum Gasteiger partial charge on any atom is -0.341 e. The minimum atomic E-state index is -0.148. The smallest absolute Gasteiger partial charge is 0.239 e.